The molecule has 0 spiro atoms. The summed E-state index contributed by atoms with van der Waals surface area (Å²) in [6.07, 6.45) is 8.09. The van der Waals surface area contributed by atoms with E-state index in [0.29, 0.717) is 37.7 Å². The van der Waals surface area contributed by atoms with Crippen molar-refractivity contribution in [2.24, 2.45) is 0 Å². The number of morpholine rings is 1. The predicted octanol–water partition coefficient (Wildman–Crippen LogP) is 1.75. The molecule has 1 saturated heterocycles. The van der Waals surface area contributed by atoms with Gasteiger partial charge in [-0.15, -0.1) is 0 Å². The lowest BCUT2D eigenvalue weighted by Crippen LogP contribution is -2.40. The number of aromatic nitrogens is 3. The first-order chi connectivity index (χ1) is 11.8. The largest absolute Gasteiger partial charge is 0.378 e. The number of nitrogens with one attached hydrogen (secondary N) is 1. The highest BCUT2D eigenvalue weighted by atomic mass is 16.5. The van der Waals surface area contributed by atoms with Crippen molar-refractivity contribution in [1.29, 1.82) is 0 Å². The van der Waals surface area contributed by atoms with E-state index in [1.54, 1.807) is 12.4 Å². The Labute approximate surface area is 138 Å². The summed E-state index contributed by atoms with van der Waals surface area (Å²) < 4.78 is 7.12. The molecule has 0 atom stereocenters. The number of rotatable bonds is 3. The highest BCUT2D eigenvalue weighted by molar-refractivity contribution is 5.94. The van der Waals surface area contributed by atoms with Crippen molar-refractivity contribution >= 4 is 23.1 Å². The van der Waals surface area contributed by atoms with Crippen LogP contribution in [0.5, 0.6) is 0 Å². The lowest BCUT2D eigenvalue weighted by molar-refractivity contribution is 0.0303. The Kier molecular flexibility index (Phi) is 3.84. The third kappa shape index (κ3) is 2.81. The summed E-state index contributed by atoms with van der Waals surface area (Å²) in [4.78, 5) is 22.7. The van der Waals surface area contributed by atoms with Crippen molar-refractivity contribution in [3.05, 3.63) is 54.6 Å². The predicted molar refractivity (Wildman–Crippen MR) is 88.3 cm³/mol. The summed E-state index contributed by atoms with van der Waals surface area (Å²) in [6, 6.07) is 7.36. The molecule has 1 radical (unpaired) electrons. The van der Waals surface area contributed by atoms with Gasteiger partial charge in [-0.3, -0.25) is 4.79 Å². The maximum Gasteiger partial charge on any atom is 0.254 e. The molecule has 7 heteroatoms. The molecule has 3 aromatic rings. The van der Waals surface area contributed by atoms with E-state index in [9.17, 15) is 4.79 Å². The minimum absolute atomic E-state index is 0.0340. The van der Waals surface area contributed by atoms with Crippen LogP contribution >= 0.6 is 0 Å². The number of fused-ring (bicyclic) bond motifs is 1. The molecule has 3 heterocycles. The summed E-state index contributed by atoms with van der Waals surface area (Å²) in [5, 5.41) is 3.21. The number of ether oxygens (including phenoxy) is 1. The van der Waals surface area contributed by atoms with Crippen LogP contribution < -0.4 is 5.32 Å². The van der Waals surface area contributed by atoms with E-state index < -0.39 is 0 Å². The van der Waals surface area contributed by atoms with Crippen LogP contribution in [0.25, 0.3) is 5.65 Å². The van der Waals surface area contributed by atoms with Gasteiger partial charge in [-0.1, -0.05) is 0 Å². The molecule has 1 aliphatic rings. The average Bonchev–Trinajstić information content (AvgIpc) is 3.12. The van der Waals surface area contributed by atoms with Crippen LogP contribution in [0, 0.1) is 6.20 Å². The van der Waals surface area contributed by atoms with Crippen LogP contribution in [0.15, 0.2) is 42.9 Å². The molecule has 1 fully saturated rings. The van der Waals surface area contributed by atoms with Gasteiger partial charge in [0.15, 0.2) is 11.5 Å². The maximum atomic E-state index is 12.4. The van der Waals surface area contributed by atoms with E-state index in [4.69, 9.17) is 4.74 Å². The average molecular weight is 322 g/mol. The summed E-state index contributed by atoms with van der Waals surface area (Å²) in [5.41, 5.74) is 2.23. The molecular formula is C17H16N5O2. The van der Waals surface area contributed by atoms with E-state index in [1.807, 2.05) is 39.8 Å². The Morgan fingerprint density at radius 2 is 2.00 bits per heavy atom. The molecule has 0 aliphatic carbocycles. The molecule has 7 nitrogen and oxygen atoms in total. The van der Waals surface area contributed by atoms with E-state index in [-0.39, 0.29) is 5.91 Å². The minimum Gasteiger partial charge on any atom is -0.378 e. The van der Waals surface area contributed by atoms with Crippen LogP contribution in [0.3, 0.4) is 0 Å². The second-order valence-corrected chi connectivity index (χ2v) is 5.48. The van der Waals surface area contributed by atoms with E-state index in [0.717, 1.165) is 11.3 Å². The van der Waals surface area contributed by atoms with Gasteiger partial charge >= 0.3 is 0 Å². The molecule has 0 saturated carbocycles. The number of hydrogen-bond donors (Lipinski definition) is 1. The third-order valence-electron chi connectivity index (χ3n) is 3.95. The fourth-order valence-corrected chi connectivity index (χ4v) is 2.67. The number of carbonyl (C=O) groups excluding carboxylic acids is 1. The molecule has 1 aromatic carbocycles. The van der Waals surface area contributed by atoms with Gasteiger partial charge in [0.25, 0.3) is 5.91 Å². The van der Waals surface area contributed by atoms with Gasteiger partial charge in [0.2, 0.25) is 0 Å². The summed E-state index contributed by atoms with van der Waals surface area (Å²) in [5.74, 6) is 0.654. The van der Waals surface area contributed by atoms with Gasteiger partial charge in [0, 0.05) is 42.9 Å². The molecular weight excluding hydrogens is 306 g/mol. The van der Waals surface area contributed by atoms with Crippen LogP contribution in [0.2, 0.25) is 0 Å². The molecule has 24 heavy (non-hydrogen) atoms. The highest BCUT2D eigenvalue weighted by Gasteiger charge is 2.18. The van der Waals surface area contributed by atoms with E-state index in [2.05, 4.69) is 21.5 Å². The van der Waals surface area contributed by atoms with Gasteiger partial charge in [-0.25, -0.2) is 9.97 Å². The van der Waals surface area contributed by atoms with Crippen molar-refractivity contribution < 1.29 is 9.53 Å². The van der Waals surface area contributed by atoms with Crippen molar-refractivity contribution in [2.45, 2.75) is 0 Å². The van der Waals surface area contributed by atoms with E-state index >= 15 is 0 Å². The fraction of sp³-hybridized carbons (Fsp3) is 0.235. The van der Waals surface area contributed by atoms with Gasteiger partial charge in [-0.05, 0) is 24.3 Å². The fourth-order valence-electron chi connectivity index (χ4n) is 2.67. The summed E-state index contributed by atoms with van der Waals surface area (Å²) >= 11 is 0. The zero-order chi connectivity index (χ0) is 16.4. The SMILES string of the molecule is O=C(c1ccc(Nc2n[c]cn3ccnc23)cc1)N1CCOCC1. The second-order valence-electron chi connectivity index (χ2n) is 5.48. The normalized spacial score (nSPS) is 14.8. The first kappa shape index (κ1) is 14.6. The quantitative estimate of drug-likeness (QED) is 0.795. The first-order valence-electron chi connectivity index (χ1n) is 7.75. The second kappa shape index (κ2) is 6.29. The number of imidazole rings is 1. The van der Waals surface area contributed by atoms with Gasteiger partial charge in [0.05, 0.1) is 13.2 Å². The molecule has 2 aromatic heterocycles. The number of carbonyl (C=O) groups is 1. The number of benzene rings is 1. The number of hydrogen-bond acceptors (Lipinski definition) is 5. The highest BCUT2D eigenvalue weighted by Crippen LogP contribution is 2.19. The molecule has 121 valence electrons. The molecule has 0 bridgehead atoms. The summed E-state index contributed by atoms with van der Waals surface area (Å²) in [7, 11) is 0. The monoisotopic (exact) mass is 322 g/mol. The van der Waals surface area contributed by atoms with Gasteiger partial charge < -0.3 is 19.4 Å². The molecule has 1 amide bonds. The van der Waals surface area contributed by atoms with Crippen LogP contribution in [0.4, 0.5) is 11.5 Å². The molecule has 0 unspecified atom stereocenters. The lowest BCUT2D eigenvalue weighted by Gasteiger charge is -2.26. The van der Waals surface area contributed by atoms with Crippen LogP contribution in [-0.2, 0) is 4.74 Å². The zero-order valence-corrected chi connectivity index (χ0v) is 13.0. The number of nitrogens with zero attached hydrogens (tertiary/aromatic N) is 4. The Hall–Kier alpha value is -2.93. The summed E-state index contributed by atoms with van der Waals surface area (Å²) in [6.45, 7) is 2.48. The Morgan fingerprint density at radius 3 is 2.79 bits per heavy atom. The smallest absolute Gasteiger partial charge is 0.254 e. The number of amides is 1. The Bertz CT molecular complexity index is 853. The maximum absolute atomic E-state index is 12.4. The standard InChI is InChI=1S/C17H16N5O2/c23-17(22-9-11-24-12-10-22)13-1-3-14(4-2-13)20-15-16-19-6-8-21(16)7-5-18-15/h1-4,6-8H,9-12H2,(H,18,20). The molecule has 1 aliphatic heterocycles. The molecule has 1 N–H and O–H groups in total. The van der Waals surface area contributed by atoms with Crippen molar-refractivity contribution in [3.8, 4) is 0 Å². The van der Waals surface area contributed by atoms with Crippen molar-refractivity contribution in [1.82, 2.24) is 19.3 Å². The van der Waals surface area contributed by atoms with Crippen molar-refractivity contribution in [3.63, 3.8) is 0 Å². The topological polar surface area (TPSA) is 71.8 Å². The third-order valence-corrected chi connectivity index (χ3v) is 3.95. The van der Waals surface area contributed by atoms with Gasteiger partial charge in [-0.2, -0.15) is 0 Å². The van der Waals surface area contributed by atoms with Gasteiger partial charge in [0.1, 0.15) is 6.20 Å². The zero-order valence-electron chi connectivity index (χ0n) is 13.0. The van der Waals surface area contributed by atoms with Crippen LogP contribution in [0.1, 0.15) is 10.4 Å². The van der Waals surface area contributed by atoms with E-state index in [1.165, 1.54) is 0 Å². The number of anilines is 2. The molecule has 4 rings (SSSR count). The van der Waals surface area contributed by atoms with Crippen molar-refractivity contribution in [2.75, 3.05) is 31.6 Å². The minimum atomic E-state index is 0.0340. The van der Waals surface area contributed by atoms with Crippen LogP contribution in [-0.4, -0.2) is 51.5 Å². The first-order valence-corrected chi connectivity index (χ1v) is 7.75. The Morgan fingerprint density at radius 1 is 1.21 bits per heavy atom. The lowest BCUT2D eigenvalue weighted by atomic mass is 10.1. The Balaban J connectivity index is 1.51.